The molecule has 0 radical (unpaired) electrons. The lowest BCUT2D eigenvalue weighted by atomic mass is 9.99. The number of hydrogen-bond acceptors (Lipinski definition) is 5. The van der Waals surface area contributed by atoms with Crippen LogP contribution in [0.1, 0.15) is 29.4 Å². The van der Waals surface area contributed by atoms with Crippen molar-refractivity contribution in [1.29, 1.82) is 0 Å². The van der Waals surface area contributed by atoms with E-state index in [-0.39, 0.29) is 36.1 Å². The summed E-state index contributed by atoms with van der Waals surface area (Å²) < 4.78 is 42.3. The number of piperidine rings is 1. The van der Waals surface area contributed by atoms with Crippen molar-refractivity contribution >= 4 is 40.0 Å². The first-order chi connectivity index (χ1) is 18.6. The van der Waals surface area contributed by atoms with E-state index in [1.165, 1.54) is 25.3 Å². The molecule has 0 aliphatic carbocycles. The maximum Gasteiger partial charge on any atom is 0.433 e. The molecule has 2 aromatic heterocycles. The Morgan fingerprint density at radius 2 is 1.79 bits per heavy atom. The summed E-state index contributed by atoms with van der Waals surface area (Å²) in [5.74, 6) is -0.580. The first kappa shape index (κ1) is 26.5. The Morgan fingerprint density at radius 1 is 1.05 bits per heavy atom. The van der Waals surface area contributed by atoms with Gasteiger partial charge < -0.3 is 15.5 Å². The van der Waals surface area contributed by atoms with E-state index in [9.17, 15) is 22.8 Å². The Hall–Kier alpha value is -4.12. The minimum Gasteiger partial charge on any atom is -0.380 e. The Kier molecular flexibility index (Phi) is 7.17. The molecule has 1 fully saturated rings. The number of pyridine rings is 1. The number of carbonyl (C=O) groups excluding carboxylic acids is 2. The third-order valence-electron chi connectivity index (χ3n) is 6.52. The molecular weight excluding hydrogens is 533 g/mol. The van der Waals surface area contributed by atoms with Gasteiger partial charge in [0.1, 0.15) is 5.69 Å². The van der Waals surface area contributed by atoms with Crippen LogP contribution >= 0.6 is 11.6 Å². The van der Waals surface area contributed by atoms with Crippen LogP contribution in [0.25, 0.3) is 16.6 Å². The molecule has 2 amide bonds. The van der Waals surface area contributed by atoms with Crippen LogP contribution in [-0.4, -0.2) is 56.7 Å². The second kappa shape index (κ2) is 10.6. The highest BCUT2D eigenvalue weighted by molar-refractivity contribution is 6.31. The number of anilines is 1. The summed E-state index contributed by atoms with van der Waals surface area (Å²) in [6.45, 7) is 1.93. The number of aromatic nitrogens is 3. The molecule has 3 heterocycles. The second-order valence-corrected chi connectivity index (χ2v) is 9.83. The molecule has 5 rings (SSSR count). The molecule has 12 heteroatoms. The monoisotopic (exact) mass is 556 g/mol. The number of amides is 2. The number of hydrogen-bond donors (Lipinski definition) is 2. The summed E-state index contributed by atoms with van der Waals surface area (Å²) in [6, 6.07) is 13.8. The van der Waals surface area contributed by atoms with Crippen LogP contribution in [0.3, 0.4) is 0 Å². The van der Waals surface area contributed by atoms with Crippen molar-refractivity contribution in [2.45, 2.75) is 31.6 Å². The number of rotatable bonds is 5. The van der Waals surface area contributed by atoms with Crippen LogP contribution in [0.4, 0.5) is 18.9 Å². The normalized spacial score (nSPS) is 17.7. The molecule has 2 aromatic carbocycles. The predicted octanol–water partition coefficient (Wildman–Crippen LogP) is 4.92. The van der Waals surface area contributed by atoms with Gasteiger partial charge in [-0.15, -0.1) is 0 Å². The highest BCUT2D eigenvalue weighted by atomic mass is 35.5. The van der Waals surface area contributed by atoms with Crippen LogP contribution in [0.2, 0.25) is 5.02 Å². The quantitative estimate of drug-likeness (QED) is 0.364. The smallest absolute Gasteiger partial charge is 0.380 e. The van der Waals surface area contributed by atoms with Crippen molar-refractivity contribution in [3.8, 4) is 5.69 Å². The standard InChI is InChI=1S/C27H24ClF3N6O2/c1-16(38)36-14-19(33-24-11-25(27(29,30)31)35-23-8-7-18(28)9-22(23)24)10-20(15-36)34-26(39)17-12-32-37(13-17)21-5-3-2-4-6-21/h2-9,11-13,19-20H,10,14-15H2,1H3,(H,33,35)(H,34,39)/t19-,20+/m1/s1. The van der Waals surface area contributed by atoms with Gasteiger partial charge in [0.15, 0.2) is 0 Å². The summed E-state index contributed by atoms with van der Waals surface area (Å²) in [5.41, 5.74) is 0.423. The molecule has 1 saturated heterocycles. The van der Waals surface area contributed by atoms with E-state index in [1.54, 1.807) is 21.8 Å². The van der Waals surface area contributed by atoms with E-state index in [2.05, 4.69) is 20.7 Å². The molecular formula is C27H24ClF3N6O2. The summed E-state index contributed by atoms with van der Waals surface area (Å²) in [4.78, 5) is 30.6. The van der Waals surface area contributed by atoms with Crippen LogP contribution in [0, 0.1) is 0 Å². The zero-order valence-corrected chi connectivity index (χ0v) is 21.5. The molecule has 202 valence electrons. The summed E-state index contributed by atoms with van der Waals surface area (Å²) in [6.07, 6.45) is -1.22. The molecule has 2 N–H and O–H groups in total. The van der Waals surface area contributed by atoms with Gasteiger partial charge in [-0.2, -0.15) is 18.3 Å². The molecule has 4 aromatic rings. The minimum atomic E-state index is -4.65. The topological polar surface area (TPSA) is 92.2 Å². The largest absolute Gasteiger partial charge is 0.433 e. The van der Waals surface area contributed by atoms with Crippen molar-refractivity contribution in [2.75, 3.05) is 18.4 Å². The lowest BCUT2D eigenvalue weighted by Gasteiger charge is -2.38. The van der Waals surface area contributed by atoms with Gasteiger partial charge >= 0.3 is 6.18 Å². The van der Waals surface area contributed by atoms with Crippen LogP contribution in [-0.2, 0) is 11.0 Å². The average molecular weight is 557 g/mol. The van der Waals surface area contributed by atoms with Crippen molar-refractivity contribution in [2.24, 2.45) is 0 Å². The zero-order chi connectivity index (χ0) is 27.7. The number of nitrogens with zero attached hydrogens (tertiary/aromatic N) is 4. The number of benzene rings is 2. The molecule has 2 atom stereocenters. The fourth-order valence-electron chi connectivity index (χ4n) is 4.68. The molecule has 39 heavy (non-hydrogen) atoms. The molecule has 0 saturated carbocycles. The van der Waals surface area contributed by atoms with Gasteiger partial charge in [-0.1, -0.05) is 29.8 Å². The van der Waals surface area contributed by atoms with Crippen molar-refractivity contribution in [3.63, 3.8) is 0 Å². The number of carbonyl (C=O) groups is 2. The molecule has 1 aliphatic rings. The molecule has 0 spiro atoms. The fourth-order valence-corrected chi connectivity index (χ4v) is 4.85. The number of likely N-dealkylation sites (tertiary alicyclic amines) is 1. The van der Waals surface area contributed by atoms with Gasteiger partial charge in [-0.3, -0.25) is 9.59 Å². The number of para-hydroxylation sites is 1. The van der Waals surface area contributed by atoms with E-state index in [0.717, 1.165) is 11.8 Å². The highest BCUT2D eigenvalue weighted by Crippen LogP contribution is 2.35. The SMILES string of the molecule is CC(=O)N1C[C@@H](NC(=O)c2cnn(-c3ccccc3)c2)C[C@@H](Nc2cc(C(F)(F)F)nc3ccc(Cl)cc23)C1. The van der Waals surface area contributed by atoms with Gasteiger partial charge in [0.05, 0.1) is 23.0 Å². The summed E-state index contributed by atoms with van der Waals surface area (Å²) in [7, 11) is 0. The molecule has 0 unspecified atom stereocenters. The second-order valence-electron chi connectivity index (χ2n) is 9.39. The van der Waals surface area contributed by atoms with Gasteiger partial charge in [-0.25, -0.2) is 9.67 Å². The van der Waals surface area contributed by atoms with Crippen molar-refractivity contribution in [1.82, 2.24) is 25.0 Å². The Morgan fingerprint density at radius 3 is 2.51 bits per heavy atom. The van der Waals surface area contributed by atoms with Gasteiger partial charge in [0, 0.05) is 54.4 Å². The first-order valence-electron chi connectivity index (χ1n) is 12.2. The lowest BCUT2D eigenvalue weighted by Crippen LogP contribution is -2.55. The molecule has 0 bridgehead atoms. The van der Waals surface area contributed by atoms with Crippen molar-refractivity contribution in [3.05, 3.63) is 83.3 Å². The zero-order valence-electron chi connectivity index (χ0n) is 20.7. The minimum absolute atomic E-state index is 0.135. The number of alkyl halides is 3. The average Bonchev–Trinajstić information content (AvgIpc) is 3.39. The van der Waals surface area contributed by atoms with E-state index in [4.69, 9.17) is 11.6 Å². The predicted molar refractivity (Wildman–Crippen MR) is 141 cm³/mol. The Balaban J connectivity index is 1.37. The third kappa shape index (κ3) is 5.98. The van der Waals surface area contributed by atoms with E-state index in [1.807, 2.05) is 30.3 Å². The maximum atomic E-state index is 13.6. The molecule has 1 aliphatic heterocycles. The van der Waals surface area contributed by atoms with Crippen LogP contribution < -0.4 is 10.6 Å². The number of halogens is 4. The van der Waals surface area contributed by atoms with Gasteiger partial charge in [-0.05, 0) is 42.8 Å². The van der Waals surface area contributed by atoms with Crippen LogP contribution in [0.15, 0.2) is 67.0 Å². The van der Waals surface area contributed by atoms with E-state index in [0.29, 0.717) is 22.4 Å². The lowest BCUT2D eigenvalue weighted by molar-refractivity contribution is -0.140. The van der Waals surface area contributed by atoms with Crippen LogP contribution in [0.5, 0.6) is 0 Å². The van der Waals surface area contributed by atoms with Gasteiger partial charge in [0.25, 0.3) is 5.91 Å². The third-order valence-corrected chi connectivity index (χ3v) is 6.75. The van der Waals surface area contributed by atoms with E-state index >= 15 is 0 Å². The Bertz CT molecular complexity index is 1530. The fraction of sp³-hybridized carbons (Fsp3) is 0.259. The number of fused-ring (bicyclic) bond motifs is 1. The Labute approximate surface area is 226 Å². The van der Waals surface area contributed by atoms with Gasteiger partial charge in [0.2, 0.25) is 5.91 Å². The first-order valence-corrected chi connectivity index (χ1v) is 12.5. The number of nitrogens with one attached hydrogen (secondary N) is 2. The van der Waals surface area contributed by atoms with Crippen molar-refractivity contribution < 1.29 is 22.8 Å². The maximum absolute atomic E-state index is 13.6. The molecule has 8 nitrogen and oxygen atoms in total. The summed E-state index contributed by atoms with van der Waals surface area (Å²) >= 11 is 6.12. The van der Waals surface area contributed by atoms with E-state index < -0.39 is 24.0 Å². The highest BCUT2D eigenvalue weighted by Gasteiger charge is 2.35. The summed E-state index contributed by atoms with van der Waals surface area (Å²) in [5, 5.41) is 11.1.